The molecule has 0 radical (unpaired) electrons. The van der Waals surface area contributed by atoms with Crippen LogP contribution in [0.15, 0.2) is 45.3 Å². The van der Waals surface area contributed by atoms with Crippen LogP contribution in [0.1, 0.15) is 5.56 Å². The van der Waals surface area contributed by atoms with Crippen molar-refractivity contribution in [3.8, 4) is 11.3 Å². The maximum Gasteiger partial charge on any atom is 0.332 e. The van der Waals surface area contributed by atoms with E-state index in [4.69, 9.17) is 5.73 Å². The second kappa shape index (κ2) is 6.32. The number of benzene rings is 1. The molecule has 2 aromatic heterocycles. The van der Waals surface area contributed by atoms with E-state index in [2.05, 4.69) is 10.3 Å². The third kappa shape index (κ3) is 2.71. The molecule has 0 saturated carbocycles. The maximum absolute atomic E-state index is 12.5. The van der Waals surface area contributed by atoms with E-state index < -0.39 is 11.2 Å². The van der Waals surface area contributed by atoms with E-state index in [0.717, 1.165) is 10.1 Å². The number of nitrogen functional groups attached to an aromatic ring is 1. The van der Waals surface area contributed by atoms with Gasteiger partial charge in [-0.25, -0.2) is 9.78 Å². The highest BCUT2D eigenvalue weighted by molar-refractivity contribution is 7.14. The summed E-state index contributed by atoms with van der Waals surface area (Å²) in [6.07, 6.45) is 0. The first kappa shape index (κ1) is 16.0. The molecule has 0 fully saturated rings. The highest BCUT2D eigenvalue weighted by Gasteiger charge is 2.19. The SMILES string of the molecule is CNc1nc(-c2c(N)n(Cc3ccccc3)c(=O)n(C)c2=O)cs1. The first-order valence-electron chi connectivity index (χ1n) is 7.29. The molecule has 8 heteroatoms. The van der Waals surface area contributed by atoms with Crippen LogP contribution in [0.2, 0.25) is 0 Å². The molecule has 0 aliphatic heterocycles. The average Bonchev–Trinajstić information content (AvgIpc) is 3.07. The largest absolute Gasteiger partial charge is 0.384 e. The lowest BCUT2D eigenvalue weighted by atomic mass is 10.2. The molecular formula is C16H17N5O2S. The van der Waals surface area contributed by atoms with Crippen molar-refractivity contribution < 1.29 is 0 Å². The predicted molar refractivity (Wildman–Crippen MR) is 96.6 cm³/mol. The van der Waals surface area contributed by atoms with Crippen molar-refractivity contribution in [1.29, 1.82) is 0 Å². The Kier molecular flexibility index (Phi) is 4.22. The molecule has 0 atom stereocenters. The van der Waals surface area contributed by atoms with Gasteiger partial charge in [-0.05, 0) is 5.56 Å². The van der Waals surface area contributed by atoms with Gasteiger partial charge in [-0.1, -0.05) is 30.3 Å². The lowest BCUT2D eigenvalue weighted by Crippen LogP contribution is -2.40. The van der Waals surface area contributed by atoms with Crippen LogP contribution in [0.4, 0.5) is 10.9 Å². The lowest BCUT2D eigenvalue weighted by molar-refractivity contribution is 0.657. The van der Waals surface area contributed by atoms with E-state index in [-0.39, 0.29) is 17.9 Å². The summed E-state index contributed by atoms with van der Waals surface area (Å²) >= 11 is 1.37. The van der Waals surface area contributed by atoms with Crippen molar-refractivity contribution in [3.63, 3.8) is 0 Å². The minimum Gasteiger partial charge on any atom is -0.384 e. The summed E-state index contributed by atoms with van der Waals surface area (Å²) < 4.78 is 2.46. The number of nitrogens with zero attached hydrogens (tertiary/aromatic N) is 3. The fourth-order valence-electron chi connectivity index (χ4n) is 2.45. The van der Waals surface area contributed by atoms with Crippen molar-refractivity contribution in [2.45, 2.75) is 6.54 Å². The topological polar surface area (TPSA) is 94.9 Å². The molecule has 7 nitrogen and oxygen atoms in total. The highest BCUT2D eigenvalue weighted by atomic mass is 32.1. The summed E-state index contributed by atoms with van der Waals surface area (Å²) in [6, 6.07) is 9.48. The van der Waals surface area contributed by atoms with Crippen LogP contribution in [0, 0.1) is 0 Å². The van der Waals surface area contributed by atoms with Crippen LogP contribution in [-0.2, 0) is 13.6 Å². The normalized spacial score (nSPS) is 10.8. The molecule has 0 aliphatic carbocycles. The van der Waals surface area contributed by atoms with Crippen LogP contribution >= 0.6 is 11.3 Å². The third-order valence-electron chi connectivity index (χ3n) is 3.74. The van der Waals surface area contributed by atoms with E-state index >= 15 is 0 Å². The molecule has 2 heterocycles. The number of nitrogens with two attached hydrogens (primary N) is 1. The van der Waals surface area contributed by atoms with E-state index in [1.54, 1.807) is 12.4 Å². The number of nitrogens with one attached hydrogen (secondary N) is 1. The molecule has 0 unspecified atom stereocenters. The smallest absolute Gasteiger partial charge is 0.332 e. The summed E-state index contributed by atoms with van der Waals surface area (Å²) in [5, 5.41) is 5.35. The van der Waals surface area contributed by atoms with Crippen LogP contribution in [-0.4, -0.2) is 21.2 Å². The Bertz CT molecular complexity index is 988. The van der Waals surface area contributed by atoms with Crippen LogP contribution in [0.3, 0.4) is 0 Å². The van der Waals surface area contributed by atoms with Gasteiger partial charge in [0.1, 0.15) is 11.4 Å². The molecule has 0 saturated heterocycles. The first-order valence-corrected chi connectivity index (χ1v) is 8.17. The van der Waals surface area contributed by atoms with E-state index in [0.29, 0.717) is 10.8 Å². The summed E-state index contributed by atoms with van der Waals surface area (Å²) in [5.74, 6) is 0.125. The van der Waals surface area contributed by atoms with Gasteiger partial charge in [0.2, 0.25) is 0 Å². The van der Waals surface area contributed by atoms with Gasteiger partial charge < -0.3 is 11.1 Å². The summed E-state index contributed by atoms with van der Waals surface area (Å²) in [4.78, 5) is 29.3. The van der Waals surface area contributed by atoms with Gasteiger partial charge >= 0.3 is 5.69 Å². The van der Waals surface area contributed by atoms with E-state index in [1.165, 1.54) is 23.0 Å². The number of rotatable bonds is 4. The molecular weight excluding hydrogens is 326 g/mol. The van der Waals surface area contributed by atoms with Crippen molar-refractivity contribution in [1.82, 2.24) is 14.1 Å². The minimum atomic E-state index is -0.450. The summed E-state index contributed by atoms with van der Waals surface area (Å²) in [7, 11) is 3.20. The first-order chi connectivity index (χ1) is 11.5. The molecule has 3 aromatic rings. The van der Waals surface area contributed by atoms with Crippen molar-refractivity contribution in [2.24, 2.45) is 7.05 Å². The fourth-order valence-corrected chi connectivity index (χ4v) is 3.11. The van der Waals surface area contributed by atoms with Gasteiger partial charge in [-0.2, -0.15) is 0 Å². The zero-order chi connectivity index (χ0) is 17.3. The Morgan fingerprint density at radius 1 is 1.25 bits per heavy atom. The zero-order valence-electron chi connectivity index (χ0n) is 13.3. The van der Waals surface area contributed by atoms with Crippen LogP contribution < -0.4 is 22.3 Å². The Balaban J connectivity index is 2.20. The number of anilines is 2. The lowest BCUT2D eigenvalue weighted by Gasteiger charge is -2.14. The molecule has 0 bridgehead atoms. The van der Waals surface area contributed by atoms with Crippen molar-refractivity contribution >= 4 is 22.3 Å². The molecule has 3 rings (SSSR count). The molecule has 124 valence electrons. The van der Waals surface area contributed by atoms with Crippen molar-refractivity contribution in [2.75, 3.05) is 18.1 Å². The number of hydrogen-bond acceptors (Lipinski definition) is 6. The van der Waals surface area contributed by atoms with Gasteiger partial charge in [0.25, 0.3) is 5.56 Å². The highest BCUT2D eigenvalue weighted by Crippen LogP contribution is 2.25. The third-order valence-corrected chi connectivity index (χ3v) is 4.60. The minimum absolute atomic E-state index is 0.125. The van der Waals surface area contributed by atoms with Crippen LogP contribution in [0.5, 0.6) is 0 Å². The second-order valence-electron chi connectivity index (χ2n) is 5.27. The molecule has 0 spiro atoms. The Morgan fingerprint density at radius 3 is 2.58 bits per heavy atom. The monoisotopic (exact) mass is 343 g/mol. The van der Waals surface area contributed by atoms with Gasteiger partial charge in [0.05, 0.1) is 12.2 Å². The van der Waals surface area contributed by atoms with Gasteiger partial charge in [-0.3, -0.25) is 13.9 Å². The Morgan fingerprint density at radius 2 is 1.96 bits per heavy atom. The van der Waals surface area contributed by atoms with Gasteiger partial charge in [0, 0.05) is 19.5 Å². The Labute approximate surface area is 142 Å². The molecule has 24 heavy (non-hydrogen) atoms. The van der Waals surface area contributed by atoms with E-state index in [1.807, 2.05) is 30.3 Å². The van der Waals surface area contributed by atoms with Crippen LogP contribution in [0.25, 0.3) is 11.3 Å². The standard InChI is InChI=1S/C16H17N5O2S/c1-18-15-19-11(9-24-15)12-13(17)21(16(23)20(2)14(12)22)8-10-6-4-3-5-7-10/h3-7,9H,8,17H2,1-2H3,(H,18,19). The summed E-state index contributed by atoms with van der Waals surface area (Å²) in [6.45, 7) is 0.287. The zero-order valence-corrected chi connectivity index (χ0v) is 14.1. The Hall–Kier alpha value is -2.87. The molecule has 0 aliphatic rings. The van der Waals surface area contributed by atoms with Gasteiger partial charge in [0.15, 0.2) is 5.13 Å². The molecule has 0 amide bonds. The predicted octanol–water partition coefficient (Wildman–Crippen LogP) is 1.34. The average molecular weight is 343 g/mol. The molecule has 1 aromatic carbocycles. The maximum atomic E-state index is 12.5. The van der Waals surface area contributed by atoms with Crippen molar-refractivity contribution in [3.05, 3.63) is 62.1 Å². The number of aromatic nitrogens is 3. The number of thiazole rings is 1. The quantitative estimate of drug-likeness (QED) is 0.745. The fraction of sp³-hybridized carbons (Fsp3) is 0.188. The van der Waals surface area contributed by atoms with Gasteiger partial charge in [-0.15, -0.1) is 11.3 Å². The summed E-state index contributed by atoms with van der Waals surface area (Å²) in [5.41, 5.74) is 6.90. The molecule has 3 N–H and O–H groups in total. The van der Waals surface area contributed by atoms with E-state index in [9.17, 15) is 9.59 Å². The second-order valence-corrected chi connectivity index (χ2v) is 6.12. The number of hydrogen-bond donors (Lipinski definition) is 2.